The molecule has 1 aliphatic carbocycles. The molecule has 0 bridgehead atoms. The van der Waals surface area contributed by atoms with E-state index in [2.05, 4.69) is 27.8 Å². The topological polar surface area (TPSA) is 50.4 Å². The smallest absolute Gasteiger partial charge is 0.188 e. The van der Waals surface area contributed by atoms with Crippen molar-refractivity contribution in [3.63, 3.8) is 0 Å². The number of nitrogens with one attached hydrogen (secondary N) is 1. The molecule has 1 aromatic heterocycles. The largest absolute Gasteiger partial charge is 0.370 e. The van der Waals surface area contributed by atoms with Gasteiger partial charge in [0, 0.05) is 18.0 Å². The molecule has 2 rings (SSSR count). The zero-order valence-corrected chi connectivity index (χ0v) is 13.7. The Hall–Kier alpha value is -0.300. The fraction of sp³-hybridized carbons (Fsp3) is 0.615. The Balaban J connectivity index is 0.00000162. The molecule has 1 aliphatic rings. The SMILES string of the molecule is I.NC(=NCCCC1CC1)NCCc1cccs1. The second-order valence-electron chi connectivity index (χ2n) is 4.61. The third-order valence-corrected chi connectivity index (χ3v) is 3.94. The number of nitrogens with zero attached hydrogens (tertiary/aromatic N) is 1. The lowest BCUT2D eigenvalue weighted by Crippen LogP contribution is -2.33. The standard InChI is InChI=1S/C13H21N3S.HI/c14-13(15-8-1-3-11-5-6-11)16-9-7-12-4-2-10-17-12;/h2,4,10-11H,1,3,5-9H2,(H3,14,15,16);1H. The van der Waals surface area contributed by atoms with Gasteiger partial charge in [-0.3, -0.25) is 4.99 Å². The molecular formula is C13H22IN3S. The van der Waals surface area contributed by atoms with E-state index in [0.717, 1.165) is 25.4 Å². The minimum Gasteiger partial charge on any atom is -0.370 e. The average Bonchev–Trinajstić information content (AvgIpc) is 3.00. The molecular weight excluding hydrogens is 357 g/mol. The molecule has 0 saturated heterocycles. The third-order valence-electron chi connectivity index (χ3n) is 3.01. The third kappa shape index (κ3) is 6.58. The van der Waals surface area contributed by atoms with Gasteiger partial charge in [-0.05, 0) is 36.6 Å². The summed E-state index contributed by atoms with van der Waals surface area (Å²) in [4.78, 5) is 5.72. The van der Waals surface area contributed by atoms with E-state index in [1.54, 1.807) is 11.3 Å². The van der Waals surface area contributed by atoms with E-state index in [0.29, 0.717) is 5.96 Å². The van der Waals surface area contributed by atoms with Gasteiger partial charge < -0.3 is 11.1 Å². The number of nitrogens with two attached hydrogens (primary N) is 1. The van der Waals surface area contributed by atoms with Crippen molar-refractivity contribution in [1.82, 2.24) is 5.32 Å². The van der Waals surface area contributed by atoms with Crippen LogP contribution in [0.5, 0.6) is 0 Å². The lowest BCUT2D eigenvalue weighted by molar-refractivity contribution is 0.673. The number of hydrogen-bond acceptors (Lipinski definition) is 2. The molecule has 1 fully saturated rings. The Labute approximate surface area is 130 Å². The summed E-state index contributed by atoms with van der Waals surface area (Å²) >= 11 is 1.79. The normalized spacial score (nSPS) is 15.2. The first kappa shape index (κ1) is 15.8. The molecule has 0 aromatic carbocycles. The highest BCUT2D eigenvalue weighted by atomic mass is 127. The number of hydrogen-bond donors (Lipinski definition) is 2. The molecule has 0 atom stereocenters. The maximum absolute atomic E-state index is 5.79. The van der Waals surface area contributed by atoms with Crippen LogP contribution in [0.4, 0.5) is 0 Å². The van der Waals surface area contributed by atoms with Crippen LogP contribution in [-0.4, -0.2) is 19.0 Å². The van der Waals surface area contributed by atoms with Gasteiger partial charge >= 0.3 is 0 Å². The first-order chi connectivity index (χ1) is 8.34. The number of aliphatic imine (C=N–C) groups is 1. The average molecular weight is 379 g/mol. The summed E-state index contributed by atoms with van der Waals surface area (Å²) in [5.74, 6) is 1.59. The molecule has 1 aromatic rings. The van der Waals surface area contributed by atoms with Crippen LogP contribution >= 0.6 is 35.3 Å². The predicted molar refractivity (Wildman–Crippen MR) is 89.9 cm³/mol. The van der Waals surface area contributed by atoms with Crippen LogP contribution in [0.1, 0.15) is 30.6 Å². The lowest BCUT2D eigenvalue weighted by atomic mass is 10.2. The van der Waals surface area contributed by atoms with Gasteiger partial charge in [-0.25, -0.2) is 0 Å². The molecule has 18 heavy (non-hydrogen) atoms. The molecule has 0 unspecified atom stereocenters. The summed E-state index contributed by atoms with van der Waals surface area (Å²) in [6, 6.07) is 4.23. The van der Waals surface area contributed by atoms with Crippen molar-refractivity contribution < 1.29 is 0 Å². The minimum atomic E-state index is 0. The molecule has 0 spiro atoms. The quantitative estimate of drug-likeness (QED) is 0.331. The van der Waals surface area contributed by atoms with Gasteiger partial charge in [0.2, 0.25) is 0 Å². The van der Waals surface area contributed by atoms with E-state index in [-0.39, 0.29) is 24.0 Å². The molecule has 5 heteroatoms. The van der Waals surface area contributed by atoms with Crippen molar-refractivity contribution in [2.75, 3.05) is 13.1 Å². The van der Waals surface area contributed by atoms with Crippen LogP contribution in [0.25, 0.3) is 0 Å². The van der Waals surface area contributed by atoms with Crippen molar-refractivity contribution >= 4 is 41.3 Å². The van der Waals surface area contributed by atoms with Crippen LogP contribution in [0.15, 0.2) is 22.5 Å². The van der Waals surface area contributed by atoms with E-state index in [4.69, 9.17) is 5.73 Å². The maximum atomic E-state index is 5.79. The lowest BCUT2D eigenvalue weighted by Gasteiger charge is -2.04. The van der Waals surface area contributed by atoms with Crippen LogP contribution in [0.2, 0.25) is 0 Å². The zero-order valence-electron chi connectivity index (χ0n) is 10.6. The molecule has 102 valence electrons. The van der Waals surface area contributed by atoms with Crippen LogP contribution in [0.3, 0.4) is 0 Å². The molecule has 1 heterocycles. The summed E-state index contributed by atoms with van der Waals surface area (Å²) in [6.07, 6.45) is 6.39. The Morgan fingerprint density at radius 1 is 1.50 bits per heavy atom. The van der Waals surface area contributed by atoms with E-state index in [1.807, 2.05) is 0 Å². The van der Waals surface area contributed by atoms with Gasteiger partial charge in [0.1, 0.15) is 0 Å². The fourth-order valence-electron chi connectivity index (χ4n) is 1.81. The summed E-state index contributed by atoms with van der Waals surface area (Å²) in [5, 5.41) is 5.26. The van der Waals surface area contributed by atoms with Crippen LogP contribution in [0, 0.1) is 5.92 Å². The Kier molecular flexibility index (Phi) is 7.65. The predicted octanol–water partition coefficient (Wildman–Crippen LogP) is 3.00. The van der Waals surface area contributed by atoms with Crippen molar-refractivity contribution in [2.45, 2.75) is 32.1 Å². The van der Waals surface area contributed by atoms with Gasteiger partial charge in [-0.2, -0.15) is 0 Å². The number of guanidine groups is 1. The van der Waals surface area contributed by atoms with E-state index < -0.39 is 0 Å². The van der Waals surface area contributed by atoms with Crippen molar-refractivity contribution in [2.24, 2.45) is 16.6 Å². The summed E-state index contributed by atoms with van der Waals surface area (Å²) in [5.41, 5.74) is 5.79. The highest BCUT2D eigenvalue weighted by Gasteiger charge is 2.19. The highest BCUT2D eigenvalue weighted by Crippen LogP contribution is 2.33. The van der Waals surface area contributed by atoms with Gasteiger partial charge in [-0.15, -0.1) is 35.3 Å². The van der Waals surface area contributed by atoms with E-state index in [9.17, 15) is 0 Å². The van der Waals surface area contributed by atoms with Crippen LogP contribution in [-0.2, 0) is 6.42 Å². The maximum Gasteiger partial charge on any atom is 0.188 e. The minimum absolute atomic E-state index is 0. The van der Waals surface area contributed by atoms with Crippen LogP contribution < -0.4 is 11.1 Å². The molecule has 1 saturated carbocycles. The molecule has 0 aliphatic heterocycles. The first-order valence-electron chi connectivity index (χ1n) is 6.41. The molecule has 0 radical (unpaired) electrons. The zero-order chi connectivity index (χ0) is 11.9. The van der Waals surface area contributed by atoms with Gasteiger partial charge in [-0.1, -0.05) is 18.9 Å². The van der Waals surface area contributed by atoms with E-state index >= 15 is 0 Å². The number of halogens is 1. The summed E-state index contributed by atoms with van der Waals surface area (Å²) in [7, 11) is 0. The molecule has 3 nitrogen and oxygen atoms in total. The first-order valence-corrected chi connectivity index (χ1v) is 7.29. The van der Waals surface area contributed by atoms with Crippen molar-refractivity contribution in [1.29, 1.82) is 0 Å². The van der Waals surface area contributed by atoms with Crippen molar-refractivity contribution in [3.05, 3.63) is 22.4 Å². The second-order valence-corrected chi connectivity index (χ2v) is 5.64. The monoisotopic (exact) mass is 379 g/mol. The second kappa shape index (κ2) is 8.74. The number of thiophene rings is 1. The fourth-order valence-corrected chi connectivity index (χ4v) is 2.52. The Morgan fingerprint density at radius 3 is 3.00 bits per heavy atom. The van der Waals surface area contributed by atoms with E-state index in [1.165, 1.54) is 30.6 Å². The Morgan fingerprint density at radius 2 is 2.33 bits per heavy atom. The molecule has 3 N–H and O–H groups in total. The van der Waals surface area contributed by atoms with Gasteiger partial charge in [0.25, 0.3) is 0 Å². The van der Waals surface area contributed by atoms with Gasteiger partial charge in [0.05, 0.1) is 0 Å². The van der Waals surface area contributed by atoms with Crippen molar-refractivity contribution in [3.8, 4) is 0 Å². The summed E-state index contributed by atoms with van der Waals surface area (Å²) in [6.45, 7) is 1.74. The summed E-state index contributed by atoms with van der Waals surface area (Å²) < 4.78 is 0. The Bertz CT molecular complexity index is 347. The molecule has 0 amide bonds. The number of rotatable bonds is 7. The van der Waals surface area contributed by atoms with Gasteiger partial charge in [0.15, 0.2) is 5.96 Å². The highest BCUT2D eigenvalue weighted by molar-refractivity contribution is 14.0.